The first-order valence-corrected chi connectivity index (χ1v) is 16.6. The van der Waals surface area contributed by atoms with E-state index in [9.17, 15) is 0 Å². The van der Waals surface area contributed by atoms with Crippen LogP contribution in [0.1, 0.15) is 0 Å². The second-order valence-electron chi connectivity index (χ2n) is 12.8. The molecule has 0 unspecified atom stereocenters. The van der Waals surface area contributed by atoms with E-state index in [2.05, 4.69) is 133 Å². The Hall–Kier alpha value is -6.58. The van der Waals surface area contributed by atoms with Gasteiger partial charge >= 0.3 is 0 Å². The van der Waals surface area contributed by atoms with E-state index in [0.717, 1.165) is 71.5 Å². The molecule has 0 fully saturated rings. The maximum atomic E-state index is 6.62. The summed E-state index contributed by atoms with van der Waals surface area (Å²) in [6.45, 7) is 0. The smallest absolute Gasteiger partial charge is 0.147 e. The summed E-state index contributed by atoms with van der Waals surface area (Å²) in [5.74, 6) is 0. The summed E-state index contributed by atoms with van der Waals surface area (Å²) in [5.41, 5.74) is 11.3. The first-order valence-electron chi connectivity index (χ1n) is 16.6. The molecule has 0 spiro atoms. The molecule has 11 aromatic rings. The van der Waals surface area contributed by atoms with E-state index in [-0.39, 0.29) is 0 Å². The lowest BCUT2D eigenvalue weighted by Gasteiger charge is -2.17. The molecule has 3 heteroatoms. The lowest BCUT2D eigenvalue weighted by atomic mass is 9.85. The van der Waals surface area contributed by atoms with Gasteiger partial charge in [-0.2, -0.15) is 0 Å². The normalized spacial score (nSPS) is 12.1. The minimum Gasteiger partial charge on any atom is -0.464 e. The van der Waals surface area contributed by atoms with E-state index < -0.39 is 0 Å². The van der Waals surface area contributed by atoms with Gasteiger partial charge in [0, 0.05) is 27.1 Å². The number of fused-ring (bicyclic) bond motifs is 10. The van der Waals surface area contributed by atoms with E-state index in [4.69, 9.17) is 13.3 Å². The molecule has 228 valence electrons. The first-order chi connectivity index (χ1) is 24.3. The maximum Gasteiger partial charge on any atom is 0.147 e. The number of benzene rings is 8. The molecule has 0 saturated heterocycles. The molecule has 0 aliphatic heterocycles. The Morgan fingerprint density at radius 3 is 1.49 bits per heavy atom. The third kappa shape index (κ3) is 3.78. The van der Waals surface area contributed by atoms with Crippen molar-refractivity contribution in [3.63, 3.8) is 0 Å². The number of hydrogen-bond acceptors (Lipinski definition) is 3. The third-order valence-corrected chi connectivity index (χ3v) is 10.1. The van der Waals surface area contributed by atoms with E-state index in [1.807, 2.05) is 24.5 Å². The Morgan fingerprint density at radius 2 is 0.837 bits per heavy atom. The van der Waals surface area contributed by atoms with Gasteiger partial charge in [0.05, 0.1) is 11.6 Å². The molecule has 0 saturated carbocycles. The second kappa shape index (κ2) is 9.96. The minimum absolute atomic E-state index is 0.819. The number of hydrogen-bond donors (Lipinski definition) is 0. The quantitative estimate of drug-likeness (QED) is 0.183. The van der Waals surface area contributed by atoms with E-state index in [0.29, 0.717) is 0 Å². The van der Waals surface area contributed by atoms with E-state index in [1.54, 1.807) is 0 Å². The summed E-state index contributed by atoms with van der Waals surface area (Å²) in [5, 5.41) is 10.3. The Morgan fingerprint density at radius 1 is 0.327 bits per heavy atom. The van der Waals surface area contributed by atoms with E-state index in [1.165, 1.54) is 38.2 Å². The number of para-hydroxylation sites is 1. The van der Waals surface area contributed by atoms with Gasteiger partial charge in [-0.05, 0) is 91.8 Å². The van der Waals surface area contributed by atoms with Crippen molar-refractivity contribution in [2.24, 2.45) is 0 Å². The SMILES string of the molecule is c1ccc(-c2coc3ccc4c5cc(-c6c7ccccc7c(-c7ccc8oc9ccccc9c8c7)c7ccccc67)ccc5oc4c23)cc1. The van der Waals surface area contributed by atoms with Crippen LogP contribution in [0.25, 0.3) is 110 Å². The Balaban J connectivity index is 1.17. The van der Waals surface area contributed by atoms with Gasteiger partial charge in [0.1, 0.15) is 27.9 Å². The lowest BCUT2D eigenvalue weighted by molar-refractivity contribution is 0.616. The van der Waals surface area contributed by atoms with Gasteiger partial charge < -0.3 is 13.3 Å². The van der Waals surface area contributed by atoms with E-state index >= 15 is 0 Å². The van der Waals surface area contributed by atoms with Crippen LogP contribution in [-0.4, -0.2) is 0 Å². The highest BCUT2D eigenvalue weighted by molar-refractivity contribution is 6.24. The number of rotatable bonds is 3. The van der Waals surface area contributed by atoms with Crippen molar-refractivity contribution >= 4 is 76.4 Å². The van der Waals surface area contributed by atoms with Gasteiger partial charge in [0.25, 0.3) is 0 Å². The Bertz CT molecular complexity index is 3040. The molecule has 8 aromatic carbocycles. The monoisotopic (exact) mass is 626 g/mol. The molecule has 49 heavy (non-hydrogen) atoms. The van der Waals surface area contributed by atoms with Crippen LogP contribution in [0.4, 0.5) is 0 Å². The Kier molecular flexibility index (Phi) is 5.38. The first kappa shape index (κ1) is 26.5. The fourth-order valence-electron chi connectivity index (χ4n) is 7.97. The molecule has 0 N–H and O–H groups in total. The van der Waals surface area contributed by atoms with Crippen LogP contribution in [0.3, 0.4) is 0 Å². The van der Waals surface area contributed by atoms with Gasteiger partial charge in [0.2, 0.25) is 0 Å². The van der Waals surface area contributed by atoms with Gasteiger partial charge in [0.15, 0.2) is 0 Å². The van der Waals surface area contributed by atoms with Crippen LogP contribution >= 0.6 is 0 Å². The molecule has 3 aromatic heterocycles. The molecule has 0 amide bonds. The average molecular weight is 627 g/mol. The highest BCUT2D eigenvalue weighted by atomic mass is 16.3. The standard InChI is InChI=1S/C46H26O3/c1-2-10-27(11-3-1)38-26-47-42-23-20-35-37-25-29(19-22-41(37)49-46(35)45(38)42)44-33-15-6-4-13-31(33)43(32-14-5-7-16-34(32)44)28-18-21-40-36(24-28)30-12-8-9-17-39(30)48-40/h1-26H. The van der Waals surface area contributed by atoms with Crippen molar-refractivity contribution in [1.82, 2.24) is 0 Å². The molecule has 11 rings (SSSR count). The molecule has 0 atom stereocenters. The van der Waals surface area contributed by atoms with Gasteiger partial charge in [-0.1, -0.05) is 109 Å². The number of furan rings is 3. The van der Waals surface area contributed by atoms with Crippen LogP contribution in [0.15, 0.2) is 171 Å². The molecule has 0 bridgehead atoms. The second-order valence-corrected chi connectivity index (χ2v) is 12.8. The van der Waals surface area contributed by atoms with Crippen molar-refractivity contribution in [3.05, 3.63) is 158 Å². The fraction of sp³-hybridized carbons (Fsp3) is 0. The topological polar surface area (TPSA) is 39.4 Å². The van der Waals surface area contributed by atoms with Crippen LogP contribution in [0.2, 0.25) is 0 Å². The zero-order valence-corrected chi connectivity index (χ0v) is 26.2. The lowest BCUT2D eigenvalue weighted by Crippen LogP contribution is -1.90. The molecule has 0 aliphatic rings. The predicted molar refractivity (Wildman–Crippen MR) is 202 cm³/mol. The van der Waals surface area contributed by atoms with Crippen molar-refractivity contribution in [2.75, 3.05) is 0 Å². The predicted octanol–water partition coefficient (Wildman–Crippen LogP) is 13.5. The van der Waals surface area contributed by atoms with Crippen LogP contribution in [0, 0.1) is 0 Å². The largest absolute Gasteiger partial charge is 0.464 e. The van der Waals surface area contributed by atoms with Crippen LogP contribution < -0.4 is 0 Å². The zero-order chi connectivity index (χ0) is 32.1. The summed E-state index contributed by atoms with van der Waals surface area (Å²) >= 11 is 0. The van der Waals surface area contributed by atoms with Crippen molar-refractivity contribution < 1.29 is 13.3 Å². The Labute approximate surface area is 280 Å². The highest BCUT2D eigenvalue weighted by Crippen LogP contribution is 2.46. The van der Waals surface area contributed by atoms with Crippen molar-refractivity contribution in [1.29, 1.82) is 0 Å². The summed E-state index contributed by atoms with van der Waals surface area (Å²) < 4.78 is 18.8. The molecular formula is C46H26O3. The molecular weight excluding hydrogens is 601 g/mol. The summed E-state index contributed by atoms with van der Waals surface area (Å²) in [6.07, 6.45) is 1.84. The van der Waals surface area contributed by atoms with Gasteiger partial charge in [-0.3, -0.25) is 0 Å². The van der Waals surface area contributed by atoms with Crippen LogP contribution in [0.5, 0.6) is 0 Å². The van der Waals surface area contributed by atoms with Crippen molar-refractivity contribution in [2.45, 2.75) is 0 Å². The van der Waals surface area contributed by atoms with Gasteiger partial charge in [-0.25, -0.2) is 0 Å². The molecule has 3 nitrogen and oxygen atoms in total. The highest BCUT2D eigenvalue weighted by Gasteiger charge is 2.21. The molecule has 3 heterocycles. The van der Waals surface area contributed by atoms with Crippen LogP contribution in [-0.2, 0) is 0 Å². The molecule has 0 radical (unpaired) electrons. The maximum absolute atomic E-state index is 6.62. The summed E-state index contributed by atoms with van der Waals surface area (Å²) in [4.78, 5) is 0. The third-order valence-electron chi connectivity index (χ3n) is 10.1. The van der Waals surface area contributed by atoms with Gasteiger partial charge in [-0.15, -0.1) is 0 Å². The summed E-state index contributed by atoms with van der Waals surface area (Å²) in [6, 6.07) is 53.6. The zero-order valence-electron chi connectivity index (χ0n) is 26.2. The summed E-state index contributed by atoms with van der Waals surface area (Å²) in [7, 11) is 0. The fourth-order valence-corrected chi connectivity index (χ4v) is 7.97. The average Bonchev–Trinajstić information content (AvgIpc) is 3.87. The van der Waals surface area contributed by atoms with Crippen molar-refractivity contribution in [3.8, 4) is 33.4 Å². The minimum atomic E-state index is 0.819. The molecule has 0 aliphatic carbocycles.